The number of likely N-dealkylation sites (N-methyl/N-ethyl adjacent to an activating group) is 1. The van der Waals surface area contributed by atoms with Crippen molar-refractivity contribution in [3.8, 4) is 0 Å². The first-order valence-electron chi connectivity index (χ1n) is 14.5. The molecule has 2 rings (SSSR count). The smallest absolute Gasteiger partial charge is 0.408 e. The van der Waals surface area contributed by atoms with Crippen LogP contribution in [-0.2, 0) is 30.3 Å². The first-order valence-corrected chi connectivity index (χ1v) is 14.5. The maximum Gasteiger partial charge on any atom is 0.408 e. The molecule has 0 saturated heterocycles. The molecule has 0 aliphatic heterocycles. The second-order valence-corrected chi connectivity index (χ2v) is 12.9. The number of alkyl carbamates (subject to hydrolysis) is 1. The van der Waals surface area contributed by atoms with E-state index < -0.39 is 53.2 Å². The van der Waals surface area contributed by atoms with Crippen molar-refractivity contribution >= 4 is 30.0 Å². The lowest BCUT2D eigenvalue weighted by Gasteiger charge is -2.34. The summed E-state index contributed by atoms with van der Waals surface area (Å²) in [5.74, 6) is -1.99. The van der Waals surface area contributed by atoms with E-state index in [9.17, 15) is 19.2 Å². The summed E-state index contributed by atoms with van der Waals surface area (Å²) in [5.41, 5.74) is 0.544. The van der Waals surface area contributed by atoms with Crippen LogP contribution in [0.2, 0.25) is 0 Å². The zero-order chi connectivity index (χ0) is 32.5. The van der Waals surface area contributed by atoms with Crippen molar-refractivity contribution in [3.63, 3.8) is 0 Å². The summed E-state index contributed by atoms with van der Waals surface area (Å²) in [6.07, 6.45) is 1.09. The molecule has 9 nitrogen and oxygen atoms in total. The van der Waals surface area contributed by atoms with Crippen molar-refractivity contribution in [2.45, 2.75) is 91.1 Å². The van der Waals surface area contributed by atoms with Gasteiger partial charge in [-0.25, -0.2) is 9.59 Å². The zero-order valence-corrected chi connectivity index (χ0v) is 26.9. The molecule has 0 saturated carbocycles. The van der Waals surface area contributed by atoms with Crippen molar-refractivity contribution in [3.05, 3.63) is 77.9 Å². The van der Waals surface area contributed by atoms with E-state index in [0.29, 0.717) is 5.56 Å². The van der Waals surface area contributed by atoms with Crippen molar-refractivity contribution < 1.29 is 28.7 Å². The van der Waals surface area contributed by atoms with Gasteiger partial charge in [0.15, 0.2) is 0 Å². The lowest BCUT2D eigenvalue weighted by molar-refractivity contribution is -0.159. The summed E-state index contributed by atoms with van der Waals surface area (Å²) < 4.78 is 11.0. The Kier molecular flexibility index (Phi) is 12.1. The number of ether oxygens (including phenoxy) is 2. The summed E-state index contributed by atoms with van der Waals surface area (Å²) in [6, 6.07) is 13.2. The van der Waals surface area contributed by atoms with E-state index in [4.69, 9.17) is 9.47 Å². The normalized spacial score (nSPS) is 13.7. The van der Waals surface area contributed by atoms with Crippen molar-refractivity contribution in [2.24, 2.45) is 5.92 Å². The van der Waals surface area contributed by atoms with E-state index >= 15 is 0 Å². The van der Waals surface area contributed by atoms with Crippen molar-refractivity contribution in [1.82, 2.24) is 15.5 Å². The van der Waals surface area contributed by atoms with Crippen LogP contribution in [0.5, 0.6) is 0 Å². The predicted molar refractivity (Wildman–Crippen MR) is 168 cm³/mol. The molecular weight excluding hydrogens is 546 g/mol. The summed E-state index contributed by atoms with van der Waals surface area (Å²) in [5, 5.41) is 5.52. The molecule has 0 aromatic heterocycles. The number of benzene rings is 2. The molecule has 0 aliphatic rings. The summed E-state index contributed by atoms with van der Waals surface area (Å²) >= 11 is 0. The first-order chi connectivity index (χ1) is 19.9. The lowest BCUT2D eigenvalue weighted by atomic mass is 9.97. The average molecular weight is 594 g/mol. The Hall–Kier alpha value is -4.14. The number of amides is 3. The summed E-state index contributed by atoms with van der Waals surface area (Å²) in [6.45, 7) is 17.9. The van der Waals surface area contributed by atoms with Gasteiger partial charge in [-0.15, -0.1) is 0 Å². The van der Waals surface area contributed by atoms with Crippen LogP contribution < -0.4 is 10.6 Å². The second-order valence-electron chi connectivity index (χ2n) is 12.9. The Morgan fingerprint density at radius 2 is 1.49 bits per heavy atom. The minimum absolute atomic E-state index is 0.188. The molecule has 0 bridgehead atoms. The maximum atomic E-state index is 14.1. The number of nitrogens with zero attached hydrogens (tertiary/aromatic N) is 1. The van der Waals surface area contributed by atoms with Gasteiger partial charge in [0.25, 0.3) is 0 Å². The second kappa shape index (κ2) is 14.8. The van der Waals surface area contributed by atoms with Crippen LogP contribution in [0.3, 0.4) is 0 Å². The molecule has 3 unspecified atom stereocenters. The molecule has 0 spiro atoms. The van der Waals surface area contributed by atoms with Gasteiger partial charge >= 0.3 is 12.1 Å². The summed E-state index contributed by atoms with van der Waals surface area (Å²) in [7, 11) is 1.50. The van der Waals surface area contributed by atoms with Crippen LogP contribution in [0.25, 0.3) is 6.08 Å². The molecule has 43 heavy (non-hydrogen) atoms. The van der Waals surface area contributed by atoms with Gasteiger partial charge in [-0.1, -0.05) is 75.0 Å². The quantitative estimate of drug-likeness (QED) is 0.335. The molecule has 2 N–H and O–H groups in total. The summed E-state index contributed by atoms with van der Waals surface area (Å²) in [4.78, 5) is 55.2. The minimum atomic E-state index is -1.14. The van der Waals surface area contributed by atoms with Gasteiger partial charge in [0.05, 0.1) is 0 Å². The van der Waals surface area contributed by atoms with E-state index in [1.54, 1.807) is 79.7 Å². The van der Waals surface area contributed by atoms with Crippen LogP contribution in [-0.4, -0.2) is 59.1 Å². The lowest BCUT2D eigenvalue weighted by Crippen LogP contribution is -2.55. The standard InChI is InChI=1S/C34H47N3O6/c1-11-23-18-15-19-25(20-23)28(37(10)30(39)27(22(2)3)36-32(41)43-34(7,8)9)29(38)35-26(31(40)42-33(4,5)6)21-24-16-13-12-14-17-24/h11-20,22,26-28H,1,21H2,2-10H3,(H,35,38)(H,36,41). The van der Waals surface area contributed by atoms with Gasteiger partial charge in [0.1, 0.15) is 29.3 Å². The minimum Gasteiger partial charge on any atom is -0.458 e. The van der Waals surface area contributed by atoms with E-state index in [1.807, 2.05) is 36.4 Å². The topological polar surface area (TPSA) is 114 Å². The molecule has 0 heterocycles. The fraction of sp³-hybridized carbons (Fsp3) is 0.471. The number of carbonyl (C=O) groups excluding carboxylic acids is 4. The molecule has 9 heteroatoms. The maximum absolute atomic E-state index is 14.1. The number of rotatable bonds is 11. The SMILES string of the molecule is C=Cc1cccc(C(C(=O)NC(Cc2ccccc2)C(=O)OC(C)(C)C)N(C)C(=O)C(NC(=O)OC(C)(C)C)C(C)C)c1. The Bertz CT molecular complexity index is 1280. The highest BCUT2D eigenvalue weighted by Crippen LogP contribution is 2.25. The van der Waals surface area contributed by atoms with Crippen LogP contribution in [0, 0.1) is 5.92 Å². The number of hydrogen-bond acceptors (Lipinski definition) is 6. The third-order valence-electron chi connectivity index (χ3n) is 6.34. The number of esters is 1. The zero-order valence-electron chi connectivity index (χ0n) is 26.9. The van der Waals surface area contributed by atoms with E-state index in [-0.39, 0.29) is 12.3 Å². The highest BCUT2D eigenvalue weighted by Gasteiger charge is 2.37. The fourth-order valence-electron chi connectivity index (χ4n) is 4.37. The Morgan fingerprint density at radius 3 is 2.02 bits per heavy atom. The molecule has 0 aliphatic carbocycles. The molecule has 3 amide bonds. The van der Waals surface area contributed by atoms with Gasteiger partial charge in [-0.05, 0) is 70.2 Å². The monoisotopic (exact) mass is 593 g/mol. The predicted octanol–water partition coefficient (Wildman–Crippen LogP) is 5.45. The molecule has 2 aromatic rings. The van der Waals surface area contributed by atoms with Gasteiger partial charge in [0, 0.05) is 13.5 Å². The largest absolute Gasteiger partial charge is 0.458 e. The highest BCUT2D eigenvalue weighted by molar-refractivity contribution is 5.94. The average Bonchev–Trinajstić information content (AvgIpc) is 2.89. The number of carbonyl (C=O) groups is 4. The van der Waals surface area contributed by atoms with Crippen LogP contribution in [0.4, 0.5) is 4.79 Å². The molecule has 0 fully saturated rings. The van der Waals surface area contributed by atoms with Gasteiger partial charge in [-0.2, -0.15) is 0 Å². The Balaban J connectivity index is 2.50. The molecule has 0 radical (unpaired) electrons. The van der Waals surface area contributed by atoms with Gasteiger partial charge in [-0.3, -0.25) is 9.59 Å². The van der Waals surface area contributed by atoms with Crippen LogP contribution >= 0.6 is 0 Å². The first kappa shape index (κ1) is 35.1. The number of nitrogens with one attached hydrogen (secondary N) is 2. The fourth-order valence-corrected chi connectivity index (χ4v) is 4.37. The number of hydrogen-bond donors (Lipinski definition) is 2. The van der Waals surface area contributed by atoms with E-state index in [1.165, 1.54) is 11.9 Å². The van der Waals surface area contributed by atoms with E-state index in [0.717, 1.165) is 11.1 Å². The third-order valence-corrected chi connectivity index (χ3v) is 6.34. The highest BCUT2D eigenvalue weighted by atomic mass is 16.6. The molecule has 2 aromatic carbocycles. The Labute approximate surface area is 256 Å². The van der Waals surface area contributed by atoms with Crippen LogP contribution in [0.15, 0.2) is 61.2 Å². The third kappa shape index (κ3) is 11.2. The Morgan fingerprint density at radius 1 is 0.884 bits per heavy atom. The van der Waals surface area contributed by atoms with Crippen molar-refractivity contribution in [1.29, 1.82) is 0 Å². The van der Waals surface area contributed by atoms with Crippen LogP contribution in [0.1, 0.15) is 78.1 Å². The molecule has 234 valence electrons. The van der Waals surface area contributed by atoms with Crippen molar-refractivity contribution in [2.75, 3.05) is 7.05 Å². The molecular formula is C34H47N3O6. The molecule has 3 atom stereocenters. The van der Waals surface area contributed by atoms with Gasteiger partial charge in [0.2, 0.25) is 11.8 Å². The van der Waals surface area contributed by atoms with Gasteiger partial charge < -0.3 is 25.0 Å². The van der Waals surface area contributed by atoms with E-state index in [2.05, 4.69) is 17.2 Å².